The number of carbonyl (C=O) groups excluding carboxylic acids is 1. The Labute approximate surface area is 132 Å². The molecule has 2 unspecified atom stereocenters. The van der Waals surface area contributed by atoms with Crippen LogP contribution in [-0.2, 0) is 11.2 Å². The van der Waals surface area contributed by atoms with E-state index in [4.69, 9.17) is 10.5 Å². The highest BCUT2D eigenvalue weighted by Gasteiger charge is 2.31. The van der Waals surface area contributed by atoms with Crippen LogP contribution in [0.5, 0.6) is 5.75 Å². The van der Waals surface area contributed by atoms with E-state index in [9.17, 15) is 4.79 Å². The number of hydrogen-bond donors (Lipinski definition) is 1. The summed E-state index contributed by atoms with van der Waals surface area (Å²) in [7, 11) is 0. The number of para-hydroxylation sites is 1. The van der Waals surface area contributed by atoms with Gasteiger partial charge in [-0.15, -0.1) is 0 Å². The lowest BCUT2D eigenvalue weighted by Gasteiger charge is -2.29. The SMILES string of the molecule is CC(C)C(Oc1ccccc1)C(Cc1ccccc1)C(N)=O. The van der Waals surface area contributed by atoms with Crippen LogP contribution in [0.2, 0.25) is 0 Å². The maximum Gasteiger partial charge on any atom is 0.224 e. The molecule has 2 aromatic carbocycles. The molecule has 0 fully saturated rings. The van der Waals surface area contributed by atoms with Gasteiger partial charge in [0.2, 0.25) is 5.91 Å². The van der Waals surface area contributed by atoms with Crippen molar-refractivity contribution in [3.63, 3.8) is 0 Å². The minimum atomic E-state index is -0.359. The monoisotopic (exact) mass is 297 g/mol. The number of amides is 1. The number of benzene rings is 2. The fraction of sp³-hybridized carbons (Fsp3) is 0.316. The maximum absolute atomic E-state index is 12.0. The minimum absolute atomic E-state index is 0.182. The second-order valence-electron chi connectivity index (χ2n) is 5.84. The van der Waals surface area contributed by atoms with Gasteiger partial charge in [-0.3, -0.25) is 4.79 Å². The Hall–Kier alpha value is -2.29. The third-order valence-electron chi connectivity index (χ3n) is 3.73. The van der Waals surface area contributed by atoms with E-state index < -0.39 is 0 Å². The molecule has 0 saturated carbocycles. The summed E-state index contributed by atoms with van der Waals surface area (Å²) in [4.78, 5) is 12.0. The van der Waals surface area contributed by atoms with Crippen molar-refractivity contribution in [2.24, 2.45) is 17.6 Å². The number of ether oxygens (including phenoxy) is 1. The first-order chi connectivity index (χ1) is 10.6. The first-order valence-electron chi connectivity index (χ1n) is 7.63. The average molecular weight is 297 g/mol. The predicted octanol–water partition coefficient (Wildman–Crippen LogP) is 3.43. The molecule has 0 saturated heterocycles. The molecule has 22 heavy (non-hydrogen) atoms. The second kappa shape index (κ2) is 7.64. The largest absolute Gasteiger partial charge is 0.489 e. The topological polar surface area (TPSA) is 52.3 Å². The zero-order chi connectivity index (χ0) is 15.9. The molecule has 0 aliphatic rings. The maximum atomic E-state index is 12.0. The summed E-state index contributed by atoms with van der Waals surface area (Å²) in [5, 5.41) is 0. The second-order valence-corrected chi connectivity index (χ2v) is 5.84. The molecule has 1 amide bonds. The Morgan fingerprint density at radius 1 is 1.00 bits per heavy atom. The molecule has 2 aromatic rings. The van der Waals surface area contributed by atoms with Crippen molar-refractivity contribution in [2.75, 3.05) is 0 Å². The van der Waals surface area contributed by atoms with E-state index in [0.29, 0.717) is 6.42 Å². The highest BCUT2D eigenvalue weighted by molar-refractivity contribution is 5.77. The standard InChI is InChI=1S/C19H23NO2/c1-14(2)18(22-16-11-7-4-8-12-16)17(19(20)21)13-15-9-5-3-6-10-15/h3-12,14,17-18H,13H2,1-2H3,(H2,20,21). The molecule has 2 N–H and O–H groups in total. The number of primary amides is 1. The zero-order valence-electron chi connectivity index (χ0n) is 13.1. The molecule has 2 atom stereocenters. The van der Waals surface area contributed by atoms with Gasteiger partial charge in [0.25, 0.3) is 0 Å². The Morgan fingerprint density at radius 2 is 1.55 bits per heavy atom. The summed E-state index contributed by atoms with van der Waals surface area (Å²) in [6.07, 6.45) is 0.339. The van der Waals surface area contributed by atoms with Gasteiger partial charge in [0.15, 0.2) is 0 Å². The van der Waals surface area contributed by atoms with Crippen LogP contribution in [0.4, 0.5) is 0 Å². The zero-order valence-corrected chi connectivity index (χ0v) is 13.1. The van der Waals surface area contributed by atoms with Crippen LogP contribution in [-0.4, -0.2) is 12.0 Å². The van der Waals surface area contributed by atoms with Gasteiger partial charge < -0.3 is 10.5 Å². The van der Waals surface area contributed by atoms with E-state index in [2.05, 4.69) is 13.8 Å². The third kappa shape index (κ3) is 4.35. The molecule has 0 aromatic heterocycles. The van der Waals surface area contributed by atoms with Crippen molar-refractivity contribution < 1.29 is 9.53 Å². The number of carbonyl (C=O) groups is 1. The highest BCUT2D eigenvalue weighted by atomic mass is 16.5. The number of rotatable bonds is 7. The van der Waals surface area contributed by atoms with E-state index >= 15 is 0 Å². The lowest BCUT2D eigenvalue weighted by molar-refractivity contribution is -0.125. The molecule has 0 heterocycles. The van der Waals surface area contributed by atoms with E-state index in [1.807, 2.05) is 60.7 Å². The van der Waals surface area contributed by atoms with Crippen LogP contribution in [0.25, 0.3) is 0 Å². The van der Waals surface area contributed by atoms with Gasteiger partial charge >= 0.3 is 0 Å². The molecule has 0 bridgehead atoms. The highest BCUT2D eigenvalue weighted by Crippen LogP contribution is 2.24. The van der Waals surface area contributed by atoms with Crippen LogP contribution < -0.4 is 10.5 Å². The summed E-state index contributed by atoms with van der Waals surface area (Å²) in [6, 6.07) is 19.5. The van der Waals surface area contributed by atoms with Crippen LogP contribution in [0.15, 0.2) is 60.7 Å². The van der Waals surface area contributed by atoms with Crippen molar-refractivity contribution in [1.82, 2.24) is 0 Å². The summed E-state index contributed by atoms with van der Waals surface area (Å²) in [5.74, 6) is 0.267. The van der Waals surface area contributed by atoms with Crippen molar-refractivity contribution in [3.05, 3.63) is 66.2 Å². The van der Waals surface area contributed by atoms with Gasteiger partial charge in [-0.1, -0.05) is 62.4 Å². The summed E-state index contributed by atoms with van der Waals surface area (Å²) in [6.45, 7) is 4.10. The number of nitrogens with two attached hydrogens (primary N) is 1. The smallest absolute Gasteiger partial charge is 0.224 e. The van der Waals surface area contributed by atoms with Gasteiger partial charge in [0, 0.05) is 0 Å². The van der Waals surface area contributed by atoms with Gasteiger partial charge in [0.1, 0.15) is 11.9 Å². The Morgan fingerprint density at radius 3 is 2.05 bits per heavy atom. The van der Waals surface area contributed by atoms with E-state index in [0.717, 1.165) is 11.3 Å². The molecular weight excluding hydrogens is 274 g/mol. The van der Waals surface area contributed by atoms with Crippen molar-refractivity contribution in [2.45, 2.75) is 26.4 Å². The molecule has 0 aliphatic carbocycles. The number of hydrogen-bond acceptors (Lipinski definition) is 2. The summed E-state index contributed by atoms with van der Waals surface area (Å²) in [5.41, 5.74) is 6.75. The van der Waals surface area contributed by atoms with Crippen molar-refractivity contribution >= 4 is 5.91 Å². The lowest BCUT2D eigenvalue weighted by Crippen LogP contribution is -2.41. The van der Waals surface area contributed by atoms with E-state index in [-0.39, 0.29) is 23.8 Å². The quantitative estimate of drug-likeness (QED) is 0.851. The van der Waals surface area contributed by atoms with E-state index in [1.54, 1.807) is 0 Å². The summed E-state index contributed by atoms with van der Waals surface area (Å²) < 4.78 is 6.07. The molecule has 0 aliphatic heterocycles. The van der Waals surface area contributed by atoms with Crippen molar-refractivity contribution in [1.29, 1.82) is 0 Å². The van der Waals surface area contributed by atoms with Crippen LogP contribution in [0.1, 0.15) is 19.4 Å². The molecule has 2 rings (SSSR count). The molecule has 3 heteroatoms. The Balaban J connectivity index is 2.20. The lowest BCUT2D eigenvalue weighted by atomic mass is 9.87. The van der Waals surface area contributed by atoms with E-state index in [1.165, 1.54) is 0 Å². The van der Waals surface area contributed by atoms with Crippen LogP contribution >= 0.6 is 0 Å². The van der Waals surface area contributed by atoms with Gasteiger partial charge in [-0.2, -0.15) is 0 Å². The Bertz CT molecular complexity index is 581. The average Bonchev–Trinajstić information content (AvgIpc) is 2.52. The molecule has 3 nitrogen and oxygen atoms in total. The molecular formula is C19H23NO2. The normalized spacial score (nSPS) is 13.6. The van der Waals surface area contributed by atoms with Crippen LogP contribution in [0.3, 0.4) is 0 Å². The Kier molecular flexibility index (Phi) is 5.59. The van der Waals surface area contributed by atoms with Gasteiger partial charge in [-0.05, 0) is 30.0 Å². The molecule has 0 radical (unpaired) electrons. The third-order valence-corrected chi connectivity index (χ3v) is 3.73. The predicted molar refractivity (Wildman–Crippen MR) is 88.5 cm³/mol. The van der Waals surface area contributed by atoms with Crippen LogP contribution in [0, 0.1) is 11.8 Å². The molecule has 116 valence electrons. The van der Waals surface area contributed by atoms with Gasteiger partial charge in [-0.25, -0.2) is 0 Å². The minimum Gasteiger partial charge on any atom is -0.489 e. The first kappa shape index (κ1) is 16.1. The van der Waals surface area contributed by atoms with Gasteiger partial charge in [0.05, 0.1) is 5.92 Å². The fourth-order valence-electron chi connectivity index (χ4n) is 2.59. The van der Waals surface area contributed by atoms with Crippen molar-refractivity contribution in [3.8, 4) is 5.75 Å². The molecule has 0 spiro atoms. The summed E-state index contributed by atoms with van der Waals surface area (Å²) >= 11 is 0. The first-order valence-corrected chi connectivity index (χ1v) is 7.63. The fourth-order valence-corrected chi connectivity index (χ4v) is 2.59.